The Hall–Kier alpha value is -1.06. The average Bonchev–Trinajstić information content (AvgIpc) is 2.10. The van der Waals surface area contributed by atoms with Gasteiger partial charge in [-0.15, -0.1) is 0 Å². The molecule has 1 saturated heterocycles. The molecule has 1 aliphatic heterocycles. The third-order valence-electron chi connectivity index (χ3n) is 2.30. The lowest BCUT2D eigenvalue weighted by Crippen LogP contribution is -2.23. The van der Waals surface area contributed by atoms with Crippen molar-refractivity contribution in [3.63, 3.8) is 0 Å². The number of cyclic esters (lactones) is 1. The van der Waals surface area contributed by atoms with E-state index in [1.807, 2.05) is 13.8 Å². The van der Waals surface area contributed by atoms with Crippen LogP contribution in [-0.4, -0.2) is 18.2 Å². The van der Waals surface area contributed by atoms with E-state index in [1.54, 1.807) is 0 Å². The molecule has 1 fully saturated rings. The molecule has 0 aromatic heterocycles. The van der Waals surface area contributed by atoms with Gasteiger partial charge in [0.05, 0.1) is 5.92 Å². The molecule has 0 aliphatic carbocycles. The molecule has 1 rings (SSSR count). The molecule has 1 heterocycles. The van der Waals surface area contributed by atoms with Crippen molar-refractivity contribution in [2.75, 3.05) is 0 Å². The molecule has 80 valence electrons. The van der Waals surface area contributed by atoms with Gasteiger partial charge >= 0.3 is 11.9 Å². The summed E-state index contributed by atoms with van der Waals surface area (Å²) in [5, 5.41) is 0. The Balaban J connectivity index is 2.60. The van der Waals surface area contributed by atoms with Crippen molar-refractivity contribution in [2.24, 2.45) is 11.8 Å². The molecule has 0 saturated carbocycles. The minimum absolute atomic E-state index is 0.106. The zero-order valence-corrected chi connectivity index (χ0v) is 8.78. The second-order valence-corrected chi connectivity index (χ2v) is 3.95. The van der Waals surface area contributed by atoms with Gasteiger partial charge in [0.15, 0.2) is 0 Å². The lowest BCUT2D eigenvalue weighted by molar-refractivity contribution is -0.187. The highest BCUT2D eigenvalue weighted by Crippen LogP contribution is 2.24. The van der Waals surface area contributed by atoms with E-state index in [0.717, 1.165) is 6.42 Å². The molecule has 3 atom stereocenters. The van der Waals surface area contributed by atoms with E-state index >= 15 is 0 Å². The highest BCUT2D eigenvalue weighted by Gasteiger charge is 2.29. The lowest BCUT2D eigenvalue weighted by Gasteiger charge is -2.16. The van der Waals surface area contributed by atoms with Gasteiger partial charge in [-0.25, -0.2) is 0 Å². The molecular weight excluding hydrogens is 184 g/mol. The van der Waals surface area contributed by atoms with Crippen molar-refractivity contribution in [2.45, 2.75) is 39.9 Å². The Kier molecular flexibility index (Phi) is 3.49. The van der Waals surface area contributed by atoms with Crippen LogP contribution in [0.2, 0.25) is 0 Å². The summed E-state index contributed by atoms with van der Waals surface area (Å²) in [5.74, 6) is -0.462. The maximum absolute atomic E-state index is 11.3. The molecule has 0 bridgehead atoms. The van der Waals surface area contributed by atoms with E-state index in [4.69, 9.17) is 9.47 Å². The largest absolute Gasteiger partial charge is 0.425 e. The summed E-state index contributed by atoms with van der Waals surface area (Å²) in [4.78, 5) is 22.0. The van der Waals surface area contributed by atoms with Gasteiger partial charge in [-0.1, -0.05) is 13.8 Å². The van der Waals surface area contributed by atoms with Gasteiger partial charge in [-0.05, 0) is 12.3 Å². The van der Waals surface area contributed by atoms with Crippen molar-refractivity contribution in [1.82, 2.24) is 0 Å². The summed E-state index contributed by atoms with van der Waals surface area (Å²) in [6.07, 6.45) is 0.687. The van der Waals surface area contributed by atoms with Crippen LogP contribution < -0.4 is 0 Å². The fraction of sp³-hybridized carbons (Fsp3) is 0.800. The van der Waals surface area contributed by atoms with Gasteiger partial charge in [0.2, 0.25) is 6.29 Å². The van der Waals surface area contributed by atoms with Crippen LogP contribution in [0.25, 0.3) is 0 Å². The van der Waals surface area contributed by atoms with Crippen molar-refractivity contribution < 1.29 is 19.1 Å². The first-order valence-corrected chi connectivity index (χ1v) is 4.86. The molecule has 14 heavy (non-hydrogen) atoms. The monoisotopic (exact) mass is 200 g/mol. The number of carbonyl (C=O) groups is 2. The van der Waals surface area contributed by atoms with Gasteiger partial charge in [-0.3, -0.25) is 9.59 Å². The van der Waals surface area contributed by atoms with E-state index in [0.29, 0.717) is 12.3 Å². The van der Waals surface area contributed by atoms with Crippen molar-refractivity contribution in [3.8, 4) is 0 Å². The number of hydrogen-bond donors (Lipinski definition) is 0. The van der Waals surface area contributed by atoms with Crippen LogP contribution in [0.5, 0.6) is 0 Å². The molecule has 4 nitrogen and oxygen atoms in total. The fourth-order valence-electron chi connectivity index (χ4n) is 1.68. The quantitative estimate of drug-likeness (QED) is 0.602. The summed E-state index contributed by atoms with van der Waals surface area (Å²) in [6, 6.07) is 0. The fourth-order valence-corrected chi connectivity index (χ4v) is 1.68. The zero-order valence-electron chi connectivity index (χ0n) is 8.78. The summed E-state index contributed by atoms with van der Waals surface area (Å²) < 4.78 is 9.90. The second-order valence-electron chi connectivity index (χ2n) is 3.95. The first kappa shape index (κ1) is 11.0. The number of hydrogen-bond acceptors (Lipinski definition) is 4. The van der Waals surface area contributed by atoms with E-state index < -0.39 is 12.3 Å². The SMILES string of the molecule is CC(=O)OC1C[C@@H](C)C[C@H](C)C(=O)O1. The highest BCUT2D eigenvalue weighted by molar-refractivity contribution is 5.72. The maximum Gasteiger partial charge on any atom is 0.311 e. The van der Waals surface area contributed by atoms with Gasteiger partial charge in [0.1, 0.15) is 0 Å². The lowest BCUT2D eigenvalue weighted by atomic mass is 9.96. The summed E-state index contributed by atoms with van der Waals surface area (Å²) in [5.41, 5.74) is 0. The van der Waals surface area contributed by atoms with E-state index in [-0.39, 0.29) is 11.9 Å². The van der Waals surface area contributed by atoms with Gasteiger partial charge in [0.25, 0.3) is 0 Å². The van der Waals surface area contributed by atoms with E-state index in [9.17, 15) is 9.59 Å². The van der Waals surface area contributed by atoms with Gasteiger partial charge in [-0.2, -0.15) is 0 Å². The van der Waals surface area contributed by atoms with Crippen LogP contribution >= 0.6 is 0 Å². The van der Waals surface area contributed by atoms with Crippen LogP contribution in [0.3, 0.4) is 0 Å². The molecule has 1 aliphatic rings. The van der Waals surface area contributed by atoms with Crippen molar-refractivity contribution >= 4 is 11.9 Å². The van der Waals surface area contributed by atoms with Crippen LogP contribution in [0.1, 0.15) is 33.6 Å². The van der Waals surface area contributed by atoms with Crippen LogP contribution in [-0.2, 0) is 19.1 Å². The Morgan fingerprint density at radius 1 is 1.43 bits per heavy atom. The molecule has 0 aromatic rings. The van der Waals surface area contributed by atoms with Crippen LogP contribution in [0, 0.1) is 11.8 Å². The second kappa shape index (κ2) is 4.44. The third kappa shape index (κ3) is 3.01. The Labute approximate surface area is 83.6 Å². The zero-order chi connectivity index (χ0) is 10.7. The molecule has 1 unspecified atom stereocenters. The Morgan fingerprint density at radius 3 is 2.64 bits per heavy atom. The first-order chi connectivity index (χ1) is 6.49. The maximum atomic E-state index is 11.3. The molecule has 0 spiro atoms. The molecule has 0 amide bonds. The number of esters is 2. The van der Waals surface area contributed by atoms with Crippen molar-refractivity contribution in [1.29, 1.82) is 0 Å². The van der Waals surface area contributed by atoms with Crippen LogP contribution in [0.4, 0.5) is 0 Å². The predicted molar refractivity (Wildman–Crippen MR) is 49.2 cm³/mol. The van der Waals surface area contributed by atoms with E-state index in [1.165, 1.54) is 6.92 Å². The Bertz CT molecular complexity index is 236. The summed E-state index contributed by atoms with van der Waals surface area (Å²) in [6.45, 7) is 5.16. The van der Waals surface area contributed by atoms with Gasteiger partial charge in [0, 0.05) is 13.3 Å². The smallest absolute Gasteiger partial charge is 0.311 e. The third-order valence-corrected chi connectivity index (χ3v) is 2.30. The predicted octanol–water partition coefficient (Wildman–Crippen LogP) is 1.48. The first-order valence-electron chi connectivity index (χ1n) is 4.86. The molecule has 4 heteroatoms. The number of carbonyl (C=O) groups excluding carboxylic acids is 2. The summed E-state index contributed by atoms with van der Waals surface area (Å²) >= 11 is 0. The van der Waals surface area contributed by atoms with Gasteiger partial charge < -0.3 is 9.47 Å². The molecular formula is C10H16O4. The topological polar surface area (TPSA) is 52.6 Å². The molecule has 0 radical (unpaired) electrons. The van der Waals surface area contributed by atoms with E-state index in [2.05, 4.69) is 0 Å². The Morgan fingerprint density at radius 2 is 2.07 bits per heavy atom. The highest BCUT2D eigenvalue weighted by atomic mass is 16.7. The number of ether oxygens (including phenoxy) is 2. The number of rotatable bonds is 1. The standard InChI is InChI=1S/C10H16O4/c1-6-4-7(2)10(12)14-9(5-6)13-8(3)11/h6-7,9H,4-5H2,1-3H3/t6-,7-,9?/m0/s1. The average molecular weight is 200 g/mol. The van der Waals surface area contributed by atoms with Crippen molar-refractivity contribution in [3.05, 3.63) is 0 Å². The minimum atomic E-state index is -0.694. The molecule has 0 N–H and O–H groups in total. The summed E-state index contributed by atoms with van der Waals surface area (Å²) in [7, 11) is 0. The normalized spacial score (nSPS) is 33.1. The molecule has 0 aromatic carbocycles. The van der Waals surface area contributed by atoms with Crippen LogP contribution in [0.15, 0.2) is 0 Å². The minimum Gasteiger partial charge on any atom is -0.425 e.